The molecule has 0 radical (unpaired) electrons. The maximum atomic E-state index is 12.8. The van der Waals surface area contributed by atoms with Gasteiger partial charge in [-0.25, -0.2) is 0 Å². The predicted octanol–water partition coefficient (Wildman–Crippen LogP) is 4.01. The van der Waals surface area contributed by atoms with E-state index < -0.39 is 0 Å². The Bertz CT molecular complexity index is 463. The van der Waals surface area contributed by atoms with Crippen molar-refractivity contribution in [3.63, 3.8) is 0 Å². The van der Waals surface area contributed by atoms with E-state index in [1.165, 1.54) is 57.8 Å². The van der Waals surface area contributed by atoms with Crippen LogP contribution in [-0.2, 0) is 9.59 Å². The maximum Gasteiger partial charge on any atom is 0.242 e. The average Bonchev–Trinajstić information content (AvgIpc) is 3.35. The van der Waals surface area contributed by atoms with Crippen molar-refractivity contribution in [1.82, 2.24) is 15.5 Å². The summed E-state index contributed by atoms with van der Waals surface area (Å²) in [5.41, 5.74) is 0. The molecule has 162 valence electrons. The van der Waals surface area contributed by atoms with Crippen LogP contribution in [0.3, 0.4) is 0 Å². The number of hydrogen-bond acceptors (Lipinski definition) is 3. The first-order valence-corrected chi connectivity index (χ1v) is 11.9. The number of nitrogens with zero attached hydrogens (tertiary/aromatic N) is 1. The normalized spacial score (nSPS) is 24.6. The fourth-order valence-electron chi connectivity index (χ4n) is 4.58. The summed E-state index contributed by atoms with van der Waals surface area (Å²) in [6.07, 6.45) is 15.7. The van der Waals surface area contributed by atoms with Gasteiger partial charge in [-0.1, -0.05) is 71.6 Å². The molecule has 2 fully saturated rings. The Balaban J connectivity index is 1.56. The Labute approximate surface area is 172 Å². The van der Waals surface area contributed by atoms with E-state index in [9.17, 15) is 9.59 Å². The molecule has 0 aromatic heterocycles. The molecule has 0 aromatic rings. The molecule has 2 aliphatic rings. The molecular formula is C23H43N3O2. The third-order valence-electron chi connectivity index (χ3n) is 6.28. The van der Waals surface area contributed by atoms with Crippen LogP contribution < -0.4 is 10.6 Å². The molecule has 2 aliphatic heterocycles. The van der Waals surface area contributed by atoms with Gasteiger partial charge in [-0.05, 0) is 38.1 Å². The number of hydrogen-bond donors (Lipinski definition) is 2. The smallest absolute Gasteiger partial charge is 0.242 e. The zero-order valence-electron chi connectivity index (χ0n) is 18.3. The van der Waals surface area contributed by atoms with Crippen LogP contribution in [0.15, 0.2) is 0 Å². The lowest BCUT2D eigenvalue weighted by Crippen LogP contribution is -2.51. The molecule has 3 atom stereocenters. The number of carbonyl (C=O) groups is 2. The number of unbranched alkanes of at least 4 members (excludes halogenated alkanes) is 9. The van der Waals surface area contributed by atoms with E-state index in [-0.39, 0.29) is 23.9 Å². The Morgan fingerprint density at radius 1 is 1.00 bits per heavy atom. The minimum absolute atomic E-state index is 0.0478. The van der Waals surface area contributed by atoms with E-state index in [0.29, 0.717) is 12.5 Å². The quantitative estimate of drug-likeness (QED) is 0.465. The summed E-state index contributed by atoms with van der Waals surface area (Å²) in [4.78, 5) is 27.2. The number of amides is 2. The highest BCUT2D eigenvalue weighted by atomic mass is 16.2. The lowest BCUT2D eigenvalue weighted by molar-refractivity contribution is -0.139. The minimum atomic E-state index is -0.270. The Kier molecular flexibility index (Phi) is 10.9. The molecule has 5 heteroatoms. The Morgan fingerprint density at radius 2 is 1.64 bits per heavy atom. The van der Waals surface area contributed by atoms with Crippen LogP contribution in [0.4, 0.5) is 0 Å². The van der Waals surface area contributed by atoms with Crippen molar-refractivity contribution in [2.45, 2.75) is 109 Å². The van der Waals surface area contributed by atoms with Crippen LogP contribution in [0.2, 0.25) is 0 Å². The number of likely N-dealkylation sites (tertiary alicyclic amines) is 1. The topological polar surface area (TPSA) is 61.4 Å². The highest BCUT2D eigenvalue weighted by molar-refractivity contribution is 5.90. The fraction of sp³-hybridized carbons (Fsp3) is 0.913. The third kappa shape index (κ3) is 7.73. The zero-order valence-corrected chi connectivity index (χ0v) is 18.3. The highest BCUT2D eigenvalue weighted by Gasteiger charge is 2.40. The van der Waals surface area contributed by atoms with Crippen LogP contribution in [-0.4, -0.2) is 48.4 Å². The summed E-state index contributed by atoms with van der Waals surface area (Å²) in [7, 11) is 0. The van der Waals surface area contributed by atoms with Crippen molar-refractivity contribution in [1.29, 1.82) is 0 Å². The predicted molar refractivity (Wildman–Crippen MR) is 115 cm³/mol. The van der Waals surface area contributed by atoms with Gasteiger partial charge in [0.2, 0.25) is 11.8 Å². The van der Waals surface area contributed by atoms with Gasteiger partial charge in [0, 0.05) is 13.1 Å². The first kappa shape index (κ1) is 23.2. The molecule has 28 heavy (non-hydrogen) atoms. The number of carbonyl (C=O) groups excluding carboxylic acids is 2. The second-order valence-corrected chi connectivity index (χ2v) is 8.97. The fourth-order valence-corrected chi connectivity index (χ4v) is 4.58. The van der Waals surface area contributed by atoms with Crippen LogP contribution in [0.25, 0.3) is 0 Å². The molecular weight excluding hydrogens is 350 g/mol. The molecule has 2 heterocycles. The minimum Gasteiger partial charge on any atom is -0.354 e. The van der Waals surface area contributed by atoms with Gasteiger partial charge in [-0.15, -0.1) is 0 Å². The molecule has 2 rings (SSSR count). The van der Waals surface area contributed by atoms with Crippen LogP contribution in [0, 0.1) is 5.92 Å². The van der Waals surface area contributed by atoms with Crippen molar-refractivity contribution in [2.24, 2.45) is 5.92 Å². The Hall–Kier alpha value is -1.10. The molecule has 2 N–H and O–H groups in total. The third-order valence-corrected chi connectivity index (χ3v) is 6.28. The van der Waals surface area contributed by atoms with E-state index in [1.807, 2.05) is 4.90 Å². The van der Waals surface area contributed by atoms with Gasteiger partial charge in [-0.2, -0.15) is 0 Å². The summed E-state index contributed by atoms with van der Waals surface area (Å²) in [5, 5.41) is 6.37. The van der Waals surface area contributed by atoms with Crippen LogP contribution in [0.5, 0.6) is 0 Å². The van der Waals surface area contributed by atoms with Gasteiger partial charge in [0.05, 0.1) is 6.04 Å². The van der Waals surface area contributed by atoms with Crippen LogP contribution in [0.1, 0.15) is 97.3 Å². The molecule has 5 nitrogen and oxygen atoms in total. The summed E-state index contributed by atoms with van der Waals surface area (Å²) in [6, 6.07) is -0.351. The number of rotatable bonds is 13. The first-order valence-electron chi connectivity index (χ1n) is 11.9. The monoisotopic (exact) mass is 393 g/mol. The first-order chi connectivity index (χ1) is 13.6. The van der Waals surface area contributed by atoms with Gasteiger partial charge < -0.3 is 15.5 Å². The molecule has 0 bridgehead atoms. The summed E-state index contributed by atoms with van der Waals surface area (Å²) < 4.78 is 0. The summed E-state index contributed by atoms with van der Waals surface area (Å²) >= 11 is 0. The molecule has 0 spiro atoms. The second kappa shape index (κ2) is 13.2. The lowest BCUT2D eigenvalue weighted by Gasteiger charge is -2.26. The van der Waals surface area contributed by atoms with Gasteiger partial charge >= 0.3 is 0 Å². The van der Waals surface area contributed by atoms with Gasteiger partial charge in [0.25, 0.3) is 0 Å². The van der Waals surface area contributed by atoms with Gasteiger partial charge in [-0.3, -0.25) is 9.59 Å². The molecule has 1 unspecified atom stereocenters. The van der Waals surface area contributed by atoms with Crippen molar-refractivity contribution in [2.75, 3.05) is 19.6 Å². The molecule has 0 saturated carbocycles. The summed E-state index contributed by atoms with van der Waals surface area (Å²) in [6.45, 7) is 6.76. The van der Waals surface area contributed by atoms with E-state index in [0.717, 1.165) is 38.8 Å². The largest absolute Gasteiger partial charge is 0.354 e. The van der Waals surface area contributed by atoms with E-state index in [1.54, 1.807) is 0 Å². The van der Waals surface area contributed by atoms with Crippen molar-refractivity contribution < 1.29 is 9.59 Å². The van der Waals surface area contributed by atoms with Crippen LogP contribution >= 0.6 is 0 Å². The van der Waals surface area contributed by atoms with E-state index in [2.05, 4.69) is 24.5 Å². The molecule has 2 saturated heterocycles. The maximum absolute atomic E-state index is 12.8. The molecule has 0 aromatic carbocycles. The van der Waals surface area contributed by atoms with Gasteiger partial charge in [0.1, 0.15) is 6.04 Å². The van der Waals surface area contributed by atoms with E-state index in [4.69, 9.17) is 0 Å². The van der Waals surface area contributed by atoms with Gasteiger partial charge in [0.15, 0.2) is 0 Å². The SMILES string of the molecule is CCCCCCCCCCCCNC(=O)[C@@H]1CC(C)CN1C(=O)[C@@H]1CCCN1. The standard InChI is InChI=1S/C23H43N3O2/c1-3-4-5-6-7-8-9-10-11-12-15-25-22(27)21-17-19(2)18-26(21)23(28)20-14-13-16-24-20/h19-21,24H,3-18H2,1-2H3,(H,25,27)/t19?,20-,21-/m0/s1. The average molecular weight is 394 g/mol. The van der Waals surface area contributed by atoms with E-state index >= 15 is 0 Å². The zero-order chi connectivity index (χ0) is 20.2. The summed E-state index contributed by atoms with van der Waals surface area (Å²) in [5.74, 6) is 0.575. The highest BCUT2D eigenvalue weighted by Crippen LogP contribution is 2.25. The van der Waals surface area contributed by atoms with Crippen molar-refractivity contribution in [3.05, 3.63) is 0 Å². The number of nitrogens with one attached hydrogen (secondary N) is 2. The van der Waals surface area contributed by atoms with Crippen molar-refractivity contribution >= 4 is 11.8 Å². The van der Waals surface area contributed by atoms with Crippen molar-refractivity contribution in [3.8, 4) is 0 Å². The lowest BCUT2D eigenvalue weighted by atomic mass is 10.1. The molecule has 0 aliphatic carbocycles. The molecule has 2 amide bonds. The Morgan fingerprint density at radius 3 is 2.25 bits per heavy atom. The second-order valence-electron chi connectivity index (χ2n) is 8.97.